The van der Waals surface area contributed by atoms with Crippen molar-refractivity contribution in [3.8, 4) is 5.75 Å². The Balaban J connectivity index is 1.42. The summed E-state index contributed by atoms with van der Waals surface area (Å²) in [5, 5.41) is 30.9. The normalized spacial score (nSPS) is 17.1. The van der Waals surface area contributed by atoms with Crippen molar-refractivity contribution < 1.29 is 29.1 Å². The van der Waals surface area contributed by atoms with Crippen LogP contribution in [0.3, 0.4) is 0 Å². The molecule has 2 aromatic heterocycles. The highest BCUT2D eigenvalue weighted by Gasteiger charge is 2.33. The van der Waals surface area contributed by atoms with Gasteiger partial charge < -0.3 is 34.5 Å². The number of methoxy groups -OCH3 is 1. The van der Waals surface area contributed by atoms with E-state index in [-0.39, 0.29) is 34.7 Å². The van der Waals surface area contributed by atoms with Crippen molar-refractivity contribution in [1.29, 1.82) is 0 Å². The fraction of sp³-hybridized carbons (Fsp3) is 0.435. The van der Waals surface area contributed by atoms with Crippen molar-refractivity contribution in [2.45, 2.75) is 31.7 Å². The molecule has 1 atom stereocenters. The number of aromatic carboxylic acids is 1. The van der Waals surface area contributed by atoms with Gasteiger partial charge in [0.1, 0.15) is 23.7 Å². The molecule has 0 amide bonds. The Morgan fingerprint density at radius 3 is 2.55 bits per heavy atom. The number of aliphatic hydroxyl groups excluding tert-OH is 1. The van der Waals surface area contributed by atoms with E-state index in [0.29, 0.717) is 31.7 Å². The molecule has 2 aliphatic rings. The van der Waals surface area contributed by atoms with Gasteiger partial charge >= 0.3 is 17.1 Å². The molecular weight excluding hydrogens is 527 g/mol. The topological polar surface area (TPSA) is 156 Å². The number of aromatic nitrogens is 3. The summed E-state index contributed by atoms with van der Waals surface area (Å²) < 4.78 is 24.1. The van der Waals surface area contributed by atoms with E-state index in [1.165, 1.54) is 17.9 Å². The van der Waals surface area contributed by atoms with Gasteiger partial charge in [0, 0.05) is 38.4 Å². The van der Waals surface area contributed by atoms with Crippen LogP contribution < -0.4 is 15.1 Å². The van der Waals surface area contributed by atoms with E-state index in [4.69, 9.17) is 16.3 Å². The van der Waals surface area contributed by atoms with Gasteiger partial charge in [-0.2, -0.15) is 0 Å². The Morgan fingerprint density at radius 1 is 1.32 bits per heavy atom. The lowest BCUT2D eigenvalue weighted by atomic mass is 10.1. The van der Waals surface area contributed by atoms with Crippen molar-refractivity contribution >= 4 is 40.0 Å². The number of anilines is 1. The van der Waals surface area contributed by atoms with Gasteiger partial charge in [-0.1, -0.05) is 0 Å². The zero-order valence-corrected chi connectivity index (χ0v) is 21.0. The highest BCUT2D eigenvalue weighted by molar-refractivity contribution is 6.28. The molecule has 1 unspecified atom stereocenters. The van der Waals surface area contributed by atoms with E-state index in [9.17, 15) is 29.9 Å². The van der Waals surface area contributed by atoms with Gasteiger partial charge in [-0.3, -0.25) is 14.3 Å². The van der Waals surface area contributed by atoms with Crippen LogP contribution in [-0.2, 0) is 6.54 Å². The standard InChI is InChI=1S/C23H24ClFN6O7/c1-38-21-18-13(20(33)14(22(34)35)9-30(18)12-2-3-12)8-15(25)19(21)28-6-4-27(5-7-28)17(32)11-29-10-16(31(36)37)26-23(29)24/h8-10,12,17,32H,2-7,11H2,1H3,(H,34,35). The van der Waals surface area contributed by atoms with Gasteiger partial charge in [0.05, 0.1) is 24.6 Å². The second-order valence-corrected chi connectivity index (χ2v) is 9.57. The van der Waals surface area contributed by atoms with Gasteiger partial charge in [-0.25, -0.2) is 9.18 Å². The molecule has 1 aromatic carbocycles. The molecule has 1 aliphatic heterocycles. The Kier molecular flexibility index (Phi) is 6.71. The maximum absolute atomic E-state index is 15.5. The summed E-state index contributed by atoms with van der Waals surface area (Å²) in [4.78, 5) is 41.9. The number of rotatable bonds is 8. The Hall–Kier alpha value is -3.75. The summed E-state index contributed by atoms with van der Waals surface area (Å²) in [7, 11) is 1.37. The molecule has 5 rings (SSSR count). The summed E-state index contributed by atoms with van der Waals surface area (Å²) >= 11 is 5.95. The number of hydrogen-bond donors (Lipinski definition) is 2. The van der Waals surface area contributed by atoms with Gasteiger partial charge in [0.15, 0.2) is 11.6 Å². The predicted molar refractivity (Wildman–Crippen MR) is 134 cm³/mol. The van der Waals surface area contributed by atoms with Crippen molar-refractivity contribution in [2.24, 2.45) is 0 Å². The van der Waals surface area contributed by atoms with Crippen molar-refractivity contribution in [1.82, 2.24) is 19.0 Å². The first kappa shape index (κ1) is 25.9. The number of fused-ring (bicyclic) bond motifs is 1. The first-order valence-electron chi connectivity index (χ1n) is 11.8. The van der Waals surface area contributed by atoms with Crippen molar-refractivity contribution in [3.05, 3.63) is 55.5 Å². The summed E-state index contributed by atoms with van der Waals surface area (Å²) in [6.45, 7) is 1.20. The second-order valence-electron chi connectivity index (χ2n) is 9.23. The van der Waals surface area contributed by atoms with Crippen molar-refractivity contribution in [2.75, 3.05) is 38.2 Å². The fourth-order valence-corrected chi connectivity index (χ4v) is 5.06. The van der Waals surface area contributed by atoms with Crippen LogP contribution in [0.5, 0.6) is 5.75 Å². The number of imidazole rings is 1. The summed E-state index contributed by atoms with van der Waals surface area (Å²) in [5.41, 5.74) is -0.705. The lowest BCUT2D eigenvalue weighted by Gasteiger charge is -2.39. The number of hydrogen-bond acceptors (Lipinski definition) is 9. The molecule has 0 bridgehead atoms. The molecular formula is C23H24ClFN6O7. The summed E-state index contributed by atoms with van der Waals surface area (Å²) in [5.74, 6) is -2.38. The number of ether oxygens (including phenoxy) is 1. The third-order valence-corrected chi connectivity index (χ3v) is 7.19. The molecule has 3 aromatic rings. The van der Waals surface area contributed by atoms with Gasteiger partial charge in [-0.15, -0.1) is 0 Å². The number of carbonyl (C=O) groups is 1. The van der Waals surface area contributed by atoms with Crippen LogP contribution >= 0.6 is 11.6 Å². The molecule has 0 radical (unpaired) electrons. The number of carboxylic acid groups (broad SMARTS) is 1. The van der Waals surface area contributed by atoms with Crippen LogP contribution in [0.2, 0.25) is 5.28 Å². The van der Waals surface area contributed by atoms with Crippen LogP contribution in [0.1, 0.15) is 29.2 Å². The molecule has 0 spiro atoms. The van der Waals surface area contributed by atoms with Gasteiger partial charge in [-0.05, 0) is 40.4 Å². The van der Waals surface area contributed by atoms with Gasteiger partial charge in [0.25, 0.3) is 0 Å². The van der Waals surface area contributed by atoms with E-state index in [1.807, 2.05) is 0 Å². The molecule has 38 heavy (non-hydrogen) atoms. The number of benzene rings is 1. The number of halogens is 2. The Bertz CT molecular complexity index is 1500. The van der Waals surface area contributed by atoms with Crippen LogP contribution in [0.25, 0.3) is 10.9 Å². The minimum atomic E-state index is -1.38. The Labute approximate surface area is 219 Å². The predicted octanol–water partition coefficient (Wildman–Crippen LogP) is 2.08. The second kappa shape index (κ2) is 9.85. The lowest BCUT2D eigenvalue weighted by Crippen LogP contribution is -2.51. The molecule has 1 saturated heterocycles. The Morgan fingerprint density at radius 2 is 2.00 bits per heavy atom. The number of nitro groups is 1. The zero-order valence-electron chi connectivity index (χ0n) is 20.2. The van der Waals surface area contributed by atoms with Crippen LogP contribution in [0.15, 0.2) is 23.3 Å². The first-order chi connectivity index (χ1) is 18.1. The quantitative estimate of drug-likeness (QED) is 0.314. The molecule has 2 fully saturated rings. The monoisotopic (exact) mass is 550 g/mol. The van der Waals surface area contributed by atoms with E-state index in [2.05, 4.69) is 4.98 Å². The third-order valence-electron chi connectivity index (χ3n) is 6.89. The van der Waals surface area contributed by atoms with Crippen LogP contribution in [0.4, 0.5) is 15.9 Å². The average molecular weight is 551 g/mol. The number of piperazine rings is 1. The minimum Gasteiger partial charge on any atom is -0.492 e. The molecule has 3 heterocycles. The lowest BCUT2D eigenvalue weighted by molar-refractivity contribution is -0.389. The minimum absolute atomic E-state index is 0.0127. The van der Waals surface area contributed by atoms with Crippen LogP contribution in [0, 0.1) is 15.9 Å². The highest BCUT2D eigenvalue weighted by atomic mass is 35.5. The number of aliphatic hydroxyl groups is 1. The van der Waals surface area contributed by atoms with Crippen LogP contribution in [-0.4, -0.2) is 79.6 Å². The molecule has 1 saturated carbocycles. The summed E-state index contributed by atoms with van der Waals surface area (Å²) in [6, 6.07) is 1.05. The van der Waals surface area contributed by atoms with E-state index >= 15 is 4.39 Å². The average Bonchev–Trinajstić information content (AvgIpc) is 3.66. The third kappa shape index (κ3) is 4.54. The molecule has 1 aliphatic carbocycles. The van der Waals surface area contributed by atoms with E-state index < -0.39 is 39.7 Å². The zero-order chi connectivity index (χ0) is 27.3. The fourth-order valence-electron chi connectivity index (χ4n) is 4.86. The van der Waals surface area contributed by atoms with E-state index in [1.54, 1.807) is 14.4 Å². The van der Waals surface area contributed by atoms with Crippen molar-refractivity contribution in [3.63, 3.8) is 0 Å². The molecule has 2 N–H and O–H groups in total. The number of pyridine rings is 1. The largest absolute Gasteiger partial charge is 0.492 e. The smallest absolute Gasteiger partial charge is 0.383 e. The molecule has 202 valence electrons. The highest BCUT2D eigenvalue weighted by Crippen LogP contribution is 2.43. The maximum atomic E-state index is 15.5. The molecule has 13 nitrogen and oxygen atoms in total. The molecule has 15 heteroatoms. The maximum Gasteiger partial charge on any atom is 0.383 e. The SMILES string of the molecule is COc1c(N2CCN(C(O)Cn3cc([N+](=O)[O-])nc3Cl)CC2)c(F)cc2c(=O)c(C(=O)O)cn(C3CC3)c12. The first-order valence-corrected chi connectivity index (χ1v) is 12.2. The number of nitrogens with zero attached hydrogens (tertiary/aromatic N) is 6. The van der Waals surface area contributed by atoms with E-state index in [0.717, 1.165) is 25.1 Å². The summed E-state index contributed by atoms with van der Waals surface area (Å²) in [6.07, 6.45) is 3.02. The number of carboxylic acids is 1. The van der Waals surface area contributed by atoms with Gasteiger partial charge in [0.2, 0.25) is 5.43 Å².